The molecule has 0 bridgehead atoms. The van der Waals surface area contributed by atoms with Crippen LogP contribution in [0.1, 0.15) is 25.6 Å². The lowest BCUT2D eigenvalue weighted by atomic mass is 10.2. The van der Waals surface area contributed by atoms with Crippen LogP contribution in [0.25, 0.3) is 5.52 Å². The zero-order valence-electron chi connectivity index (χ0n) is 8.57. The second-order valence-corrected chi connectivity index (χ2v) is 3.42. The van der Waals surface area contributed by atoms with Crippen LogP contribution in [0.5, 0.6) is 0 Å². The van der Waals surface area contributed by atoms with Gasteiger partial charge >= 0.3 is 0 Å². The second-order valence-electron chi connectivity index (χ2n) is 3.42. The van der Waals surface area contributed by atoms with Gasteiger partial charge in [0.15, 0.2) is 0 Å². The molecule has 3 nitrogen and oxygen atoms in total. The third kappa shape index (κ3) is 1.63. The van der Waals surface area contributed by atoms with Crippen molar-refractivity contribution in [1.82, 2.24) is 14.9 Å². The minimum Gasteiger partial charge on any atom is -0.309 e. The first kappa shape index (κ1) is 9.21. The molecule has 0 fully saturated rings. The largest absolute Gasteiger partial charge is 0.309 e. The lowest BCUT2D eigenvalue weighted by molar-refractivity contribution is 0.579. The number of hydrogen-bond acceptors (Lipinski definition) is 2. The molecule has 0 saturated carbocycles. The first-order chi connectivity index (χ1) is 6.81. The molecule has 2 aromatic heterocycles. The molecule has 3 heteroatoms. The van der Waals surface area contributed by atoms with E-state index in [9.17, 15) is 0 Å². The highest BCUT2D eigenvalue weighted by molar-refractivity contribution is 5.47. The summed E-state index contributed by atoms with van der Waals surface area (Å²) >= 11 is 0. The molecule has 0 spiro atoms. The van der Waals surface area contributed by atoms with E-state index in [1.807, 2.05) is 22.8 Å². The Bertz CT molecular complexity index is 386. The van der Waals surface area contributed by atoms with Gasteiger partial charge in [0.25, 0.3) is 0 Å². The van der Waals surface area contributed by atoms with Crippen molar-refractivity contribution in [2.45, 2.75) is 19.9 Å². The van der Waals surface area contributed by atoms with E-state index >= 15 is 0 Å². The molecule has 2 aromatic rings. The summed E-state index contributed by atoms with van der Waals surface area (Å²) in [5, 5.41) is 7.83. The Balaban J connectivity index is 2.35. The van der Waals surface area contributed by atoms with Crippen molar-refractivity contribution in [2.24, 2.45) is 0 Å². The average molecular weight is 189 g/mol. The molecule has 1 atom stereocenters. The van der Waals surface area contributed by atoms with E-state index in [1.165, 1.54) is 0 Å². The van der Waals surface area contributed by atoms with Crippen molar-refractivity contribution in [2.75, 3.05) is 6.54 Å². The molecule has 2 rings (SSSR count). The lowest BCUT2D eigenvalue weighted by Gasteiger charge is -2.07. The summed E-state index contributed by atoms with van der Waals surface area (Å²) in [6.07, 6.45) is 1.97. The number of fused-ring (bicyclic) bond motifs is 1. The molecular weight excluding hydrogens is 174 g/mol. The fraction of sp³-hybridized carbons (Fsp3) is 0.364. The van der Waals surface area contributed by atoms with Gasteiger partial charge in [-0.25, -0.2) is 4.52 Å². The highest BCUT2D eigenvalue weighted by Gasteiger charge is 2.07. The maximum Gasteiger partial charge on any atom is 0.0801 e. The van der Waals surface area contributed by atoms with Gasteiger partial charge in [-0.1, -0.05) is 13.0 Å². The normalized spacial score (nSPS) is 13.3. The Kier molecular flexibility index (Phi) is 2.50. The highest BCUT2D eigenvalue weighted by Crippen LogP contribution is 2.12. The number of aromatic nitrogens is 2. The van der Waals surface area contributed by atoms with Crippen LogP contribution in [-0.2, 0) is 0 Å². The fourth-order valence-electron chi connectivity index (χ4n) is 1.58. The van der Waals surface area contributed by atoms with E-state index in [2.05, 4.69) is 36.4 Å². The zero-order valence-corrected chi connectivity index (χ0v) is 8.57. The first-order valence-electron chi connectivity index (χ1n) is 4.99. The van der Waals surface area contributed by atoms with Gasteiger partial charge < -0.3 is 5.32 Å². The van der Waals surface area contributed by atoms with Crippen molar-refractivity contribution < 1.29 is 0 Å². The minimum atomic E-state index is 0.319. The lowest BCUT2D eigenvalue weighted by Crippen LogP contribution is -2.18. The van der Waals surface area contributed by atoms with E-state index < -0.39 is 0 Å². The summed E-state index contributed by atoms with van der Waals surface area (Å²) in [7, 11) is 0. The number of rotatable bonds is 3. The minimum absolute atomic E-state index is 0.319. The van der Waals surface area contributed by atoms with Gasteiger partial charge in [0.2, 0.25) is 0 Å². The van der Waals surface area contributed by atoms with Gasteiger partial charge in [0.05, 0.1) is 11.2 Å². The Labute approximate surface area is 83.7 Å². The van der Waals surface area contributed by atoms with Gasteiger partial charge in [-0.2, -0.15) is 5.10 Å². The summed E-state index contributed by atoms with van der Waals surface area (Å²) in [6, 6.07) is 8.52. The summed E-state index contributed by atoms with van der Waals surface area (Å²) in [6.45, 7) is 5.20. The fourth-order valence-corrected chi connectivity index (χ4v) is 1.58. The van der Waals surface area contributed by atoms with Crippen molar-refractivity contribution in [3.63, 3.8) is 0 Å². The summed E-state index contributed by atoms with van der Waals surface area (Å²) in [5.41, 5.74) is 2.24. The molecule has 14 heavy (non-hydrogen) atoms. The molecule has 0 aromatic carbocycles. The van der Waals surface area contributed by atoms with Crippen LogP contribution in [0, 0.1) is 0 Å². The SMILES string of the molecule is CCNC(C)c1cc2ccccn2n1. The summed E-state index contributed by atoms with van der Waals surface area (Å²) in [5.74, 6) is 0. The molecule has 0 aliphatic heterocycles. The highest BCUT2D eigenvalue weighted by atomic mass is 15.2. The standard InChI is InChI=1S/C11H15N3/c1-3-12-9(2)11-8-10-6-4-5-7-14(10)13-11/h4-9,12H,3H2,1-2H3. The van der Waals surface area contributed by atoms with E-state index in [0.717, 1.165) is 17.8 Å². The summed E-state index contributed by atoms with van der Waals surface area (Å²) < 4.78 is 1.91. The van der Waals surface area contributed by atoms with Crippen LogP contribution < -0.4 is 5.32 Å². The molecule has 0 aliphatic rings. The van der Waals surface area contributed by atoms with Crippen LogP contribution in [0.4, 0.5) is 0 Å². The monoisotopic (exact) mass is 189 g/mol. The molecule has 0 radical (unpaired) electrons. The third-order valence-electron chi connectivity index (χ3n) is 2.34. The van der Waals surface area contributed by atoms with E-state index in [-0.39, 0.29) is 0 Å². The van der Waals surface area contributed by atoms with E-state index in [4.69, 9.17) is 0 Å². The molecule has 1 unspecified atom stereocenters. The predicted octanol–water partition coefficient (Wildman–Crippen LogP) is 2.00. The summed E-state index contributed by atoms with van der Waals surface area (Å²) in [4.78, 5) is 0. The van der Waals surface area contributed by atoms with Gasteiger partial charge in [0.1, 0.15) is 0 Å². The third-order valence-corrected chi connectivity index (χ3v) is 2.34. The number of nitrogens with zero attached hydrogens (tertiary/aromatic N) is 2. The Morgan fingerprint density at radius 1 is 1.50 bits per heavy atom. The number of nitrogens with one attached hydrogen (secondary N) is 1. The van der Waals surface area contributed by atoms with E-state index in [1.54, 1.807) is 0 Å². The quantitative estimate of drug-likeness (QED) is 0.800. The molecule has 0 saturated heterocycles. The van der Waals surface area contributed by atoms with Crippen LogP contribution in [0.15, 0.2) is 30.5 Å². The molecule has 1 N–H and O–H groups in total. The van der Waals surface area contributed by atoms with Crippen molar-refractivity contribution >= 4 is 5.52 Å². The maximum atomic E-state index is 4.49. The second kappa shape index (κ2) is 3.80. The topological polar surface area (TPSA) is 29.3 Å². The van der Waals surface area contributed by atoms with Gasteiger partial charge in [-0.3, -0.25) is 0 Å². The van der Waals surface area contributed by atoms with Crippen LogP contribution in [0.3, 0.4) is 0 Å². The Morgan fingerprint density at radius 3 is 3.07 bits per heavy atom. The smallest absolute Gasteiger partial charge is 0.0801 e. The van der Waals surface area contributed by atoms with Crippen LogP contribution in [-0.4, -0.2) is 16.2 Å². The Hall–Kier alpha value is -1.35. The average Bonchev–Trinajstić information content (AvgIpc) is 2.61. The maximum absolute atomic E-state index is 4.49. The first-order valence-corrected chi connectivity index (χ1v) is 4.99. The molecule has 74 valence electrons. The Morgan fingerprint density at radius 2 is 2.36 bits per heavy atom. The molecule has 2 heterocycles. The number of pyridine rings is 1. The van der Waals surface area contributed by atoms with E-state index in [0.29, 0.717) is 6.04 Å². The molecule has 0 amide bonds. The van der Waals surface area contributed by atoms with Crippen LogP contribution >= 0.6 is 0 Å². The zero-order chi connectivity index (χ0) is 9.97. The van der Waals surface area contributed by atoms with Crippen molar-refractivity contribution in [1.29, 1.82) is 0 Å². The van der Waals surface area contributed by atoms with Crippen molar-refractivity contribution in [3.8, 4) is 0 Å². The number of hydrogen-bond donors (Lipinski definition) is 1. The van der Waals surface area contributed by atoms with Gasteiger partial charge in [0, 0.05) is 12.2 Å². The molecular formula is C11H15N3. The van der Waals surface area contributed by atoms with Gasteiger partial charge in [-0.05, 0) is 31.7 Å². The van der Waals surface area contributed by atoms with Crippen LogP contribution in [0.2, 0.25) is 0 Å². The van der Waals surface area contributed by atoms with Gasteiger partial charge in [-0.15, -0.1) is 0 Å². The predicted molar refractivity (Wildman–Crippen MR) is 57.3 cm³/mol. The molecule has 0 aliphatic carbocycles. The van der Waals surface area contributed by atoms with Crippen molar-refractivity contribution in [3.05, 3.63) is 36.2 Å².